The fraction of sp³-hybridized carbons (Fsp3) is 0.364. The van der Waals surface area contributed by atoms with Crippen LogP contribution in [0.25, 0.3) is 0 Å². The summed E-state index contributed by atoms with van der Waals surface area (Å²) in [5.41, 5.74) is 0.601. The average molecular weight is 493 g/mol. The molecule has 2 aliphatic heterocycles. The number of hydrogen-bond donors (Lipinski definition) is 1. The first-order valence-corrected chi connectivity index (χ1v) is 12.2. The zero-order valence-corrected chi connectivity index (χ0v) is 19.3. The maximum atomic E-state index is 15.0. The Morgan fingerprint density at radius 2 is 1.91 bits per heavy atom. The third-order valence-corrected chi connectivity index (χ3v) is 7.19. The minimum absolute atomic E-state index is 0.0156. The number of amides is 2. The van der Waals surface area contributed by atoms with Crippen LogP contribution >= 0.6 is 0 Å². The van der Waals surface area contributed by atoms with Crippen LogP contribution < -0.4 is 15.1 Å². The van der Waals surface area contributed by atoms with E-state index in [4.69, 9.17) is 9.57 Å². The summed E-state index contributed by atoms with van der Waals surface area (Å²) in [6, 6.07) is 12.3. The number of nitrogens with zero attached hydrogens (tertiary/aromatic N) is 3. The van der Waals surface area contributed by atoms with Gasteiger partial charge >= 0.3 is 6.09 Å². The van der Waals surface area contributed by atoms with Gasteiger partial charge in [0, 0.05) is 20.0 Å². The normalized spacial score (nSPS) is 19.6. The minimum atomic E-state index is -3.83. The Hall–Kier alpha value is -3.22. The van der Waals surface area contributed by atoms with Gasteiger partial charge in [-0.2, -0.15) is 0 Å². The van der Waals surface area contributed by atoms with Crippen molar-refractivity contribution in [1.29, 1.82) is 0 Å². The van der Waals surface area contributed by atoms with E-state index < -0.39 is 28.0 Å². The van der Waals surface area contributed by atoms with Crippen molar-refractivity contribution in [3.63, 3.8) is 0 Å². The summed E-state index contributed by atoms with van der Waals surface area (Å²) in [6.07, 6.45) is -1.15. The number of anilines is 2. The first-order valence-electron chi connectivity index (χ1n) is 10.7. The van der Waals surface area contributed by atoms with E-state index in [-0.39, 0.29) is 55.8 Å². The maximum Gasteiger partial charge on any atom is 0.414 e. The summed E-state index contributed by atoms with van der Waals surface area (Å²) in [4.78, 5) is 31.9. The van der Waals surface area contributed by atoms with Crippen LogP contribution in [0, 0.1) is 5.82 Å². The summed E-state index contributed by atoms with van der Waals surface area (Å²) in [5, 5.41) is 2.59. The molecule has 0 aliphatic carbocycles. The Bertz CT molecular complexity index is 1160. The van der Waals surface area contributed by atoms with Crippen molar-refractivity contribution in [2.75, 3.05) is 49.1 Å². The van der Waals surface area contributed by atoms with Crippen molar-refractivity contribution < 1.29 is 32.0 Å². The Balaban J connectivity index is 1.43. The summed E-state index contributed by atoms with van der Waals surface area (Å²) in [5.74, 6) is -0.795. The molecule has 0 saturated carbocycles. The highest BCUT2D eigenvalue weighted by atomic mass is 32.2. The van der Waals surface area contributed by atoms with Gasteiger partial charge in [0.15, 0.2) is 0 Å². The monoisotopic (exact) mass is 492 g/mol. The topological polar surface area (TPSA) is 108 Å². The molecule has 2 saturated heterocycles. The molecule has 2 aromatic carbocycles. The molecule has 1 atom stereocenters. The SMILES string of the molecule is CC(=O)NC[C@H]1CN(c2ccc(N3CCON(S(=O)(=O)c4ccccc4)CC3)c(F)c2)C(=O)O1. The molecule has 1 N–H and O–H groups in total. The largest absolute Gasteiger partial charge is 0.442 e. The van der Waals surface area contributed by atoms with E-state index >= 15 is 4.39 Å². The molecule has 182 valence electrons. The predicted molar refractivity (Wildman–Crippen MR) is 121 cm³/mol. The fourth-order valence-corrected chi connectivity index (χ4v) is 5.06. The van der Waals surface area contributed by atoms with E-state index in [1.807, 2.05) is 0 Å². The van der Waals surface area contributed by atoms with E-state index in [1.54, 1.807) is 35.2 Å². The minimum Gasteiger partial charge on any atom is -0.442 e. The maximum absolute atomic E-state index is 15.0. The molecular formula is C22H25FN4O6S. The molecule has 0 unspecified atom stereocenters. The van der Waals surface area contributed by atoms with Crippen LogP contribution in [0.2, 0.25) is 0 Å². The summed E-state index contributed by atoms with van der Waals surface area (Å²) >= 11 is 0. The molecule has 0 radical (unpaired) electrons. The number of halogens is 1. The Labute approximate surface area is 196 Å². The van der Waals surface area contributed by atoms with Crippen LogP contribution in [-0.2, 0) is 24.4 Å². The van der Waals surface area contributed by atoms with Crippen molar-refractivity contribution >= 4 is 33.4 Å². The highest BCUT2D eigenvalue weighted by Crippen LogP contribution is 2.29. The molecule has 4 rings (SSSR count). The van der Waals surface area contributed by atoms with E-state index in [1.165, 1.54) is 30.0 Å². The lowest BCUT2D eigenvalue weighted by Crippen LogP contribution is -2.34. The second kappa shape index (κ2) is 9.95. The number of cyclic esters (lactones) is 1. The Kier molecular flexibility index (Phi) is 7.00. The van der Waals surface area contributed by atoms with Gasteiger partial charge in [-0.3, -0.25) is 14.5 Å². The molecule has 2 aromatic rings. The summed E-state index contributed by atoms with van der Waals surface area (Å²) in [7, 11) is -3.83. The van der Waals surface area contributed by atoms with Crippen LogP contribution in [-0.4, -0.2) is 70.3 Å². The molecule has 2 amide bonds. The number of sulfonamides is 1. The standard InChI is InChI=1S/C22H25FN4O6S/c1-16(28)24-14-18-15-26(22(29)33-18)17-7-8-21(20(23)13-17)25-9-10-27(32-12-11-25)34(30,31)19-5-3-2-4-6-19/h2-8,13,18H,9-12,14-15H2,1H3,(H,24,28)/t18-/m0/s1. The third kappa shape index (κ3) is 5.13. The smallest absolute Gasteiger partial charge is 0.414 e. The lowest BCUT2D eigenvalue weighted by molar-refractivity contribution is -0.119. The van der Waals surface area contributed by atoms with Gasteiger partial charge in [-0.25, -0.2) is 17.6 Å². The van der Waals surface area contributed by atoms with Crippen molar-refractivity contribution in [2.24, 2.45) is 0 Å². The van der Waals surface area contributed by atoms with Crippen molar-refractivity contribution in [2.45, 2.75) is 17.9 Å². The third-order valence-electron chi connectivity index (χ3n) is 5.49. The average Bonchev–Trinajstić information content (AvgIpc) is 3.02. The Morgan fingerprint density at radius 3 is 2.62 bits per heavy atom. The second-order valence-corrected chi connectivity index (χ2v) is 9.68. The molecule has 2 heterocycles. The second-order valence-electron chi connectivity index (χ2n) is 7.85. The first kappa shape index (κ1) is 23.9. The van der Waals surface area contributed by atoms with Gasteiger partial charge in [0.05, 0.1) is 42.5 Å². The van der Waals surface area contributed by atoms with Crippen molar-refractivity contribution in [3.05, 3.63) is 54.3 Å². The van der Waals surface area contributed by atoms with Gasteiger partial charge in [-0.1, -0.05) is 22.7 Å². The fourth-order valence-electron chi connectivity index (χ4n) is 3.79. The summed E-state index contributed by atoms with van der Waals surface area (Å²) in [6.45, 7) is 2.29. The number of benzene rings is 2. The Morgan fingerprint density at radius 1 is 1.15 bits per heavy atom. The highest BCUT2D eigenvalue weighted by molar-refractivity contribution is 7.89. The number of hydrogen-bond acceptors (Lipinski definition) is 7. The molecular weight excluding hydrogens is 467 g/mol. The van der Waals surface area contributed by atoms with Gasteiger partial charge in [0.1, 0.15) is 11.9 Å². The number of carbonyl (C=O) groups excluding carboxylic acids is 2. The zero-order valence-electron chi connectivity index (χ0n) is 18.5. The van der Waals surface area contributed by atoms with Gasteiger partial charge in [-0.15, -0.1) is 0 Å². The van der Waals surface area contributed by atoms with Crippen LogP contribution in [0.3, 0.4) is 0 Å². The molecule has 0 bridgehead atoms. The lowest BCUT2D eigenvalue weighted by Gasteiger charge is -2.24. The quantitative estimate of drug-likeness (QED) is 0.654. The molecule has 10 nitrogen and oxygen atoms in total. The van der Waals surface area contributed by atoms with E-state index in [0.29, 0.717) is 5.69 Å². The molecule has 12 heteroatoms. The van der Waals surface area contributed by atoms with Gasteiger partial charge in [0.25, 0.3) is 10.0 Å². The van der Waals surface area contributed by atoms with Crippen LogP contribution in [0.5, 0.6) is 0 Å². The molecule has 0 spiro atoms. The molecule has 2 aliphatic rings. The van der Waals surface area contributed by atoms with Crippen LogP contribution in [0.4, 0.5) is 20.6 Å². The van der Waals surface area contributed by atoms with Crippen molar-refractivity contribution in [1.82, 2.24) is 9.79 Å². The van der Waals surface area contributed by atoms with E-state index in [2.05, 4.69) is 5.32 Å². The molecule has 2 fully saturated rings. The van der Waals surface area contributed by atoms with E-state index in [9.17, 15) is 18.0 Å². The van der Waals surface area contributed by atoms with Gasteiger partial charge < -0.3 is 15.0 Å². The number of ether oxygens (including phenoxy) is 1. The number of rotatable bonds is 6. The highest BCUT2D eigenvalue weighted by Gasteiger charge is 2.33. The summed E-state index contributed by atoms with van der Waals surface area (Å²) < 4.78 is 46.8. The molecule has 0 aromatic heterocycles. The zero-order chi connectivity index (χ0) is 24.3. The number of carbonyl (C=O) groups is 2. The van der Waals surface area contributed by atoms with Crippen LogP contribution in [0.15, 0.2) is 53.4 Å². The number of nitrogens with one attached hydrogen (secondary N) is 1. The van der Waals surface area contributed by atoms with Crippen LogP contribution in [0.1, 0.15) is 6.92 Å². The first-order chi connectivity index (χ1) is 16.3. The van der Waals surface area contributed by atoms with E-state index in [0.717, 1.165) is 4.47 Å². The lowest BCUT2D eigenvalue weighted by atomic mass is 10.2. The van der Waals surface area contributed by atoms with Gasteiger partial charge in [0.2, 0.25) is 5.91 Å². The predicted octanol–water partition coefficient (Wildman–Crippen LogP) is 1.73. The van der Waals surface area contributed by atoms with Gasteiger partial charge in [-0.05, 0) is 30.3 Å². The van der Waals surface area contributed by atoms with Crippen molar-refractivity contribution in [3.8, 4) is 0 Å². The molecule has 34 heavy (non-hydrogen) atoms. The number of hydroxylamine groups is 1.